The molecule has 3 aliphatic carbocycles. The van der Waals surface area contributed by atoms with Gasteiger partial charge in [-0.25, -0.2) is 13.1 Å². The van der Waals surface area contributed by atoms with Crippen molar-refractivity contribution in [3.63, 3.8) is 0 Å². The van der Waals surface area contributed by atoms with Crippen molar-refractivity contribution in [2.75, 3.05) is 11.9 Å². The molecule has 21 heavy (non-hydrogen) atoms. The number of fused-ring (bicyclic) bond motifs is 5. The second-order valence-electron chi connectivity index (χ2n) is 6.66. The summed E-state index contributed by atoms with van der Waals surface area (Å²) in [7, 11) is -3.42. The smallest absolute Gasteiger partial charge is 0.242 e. The first-order chi connectivity index (χ1) is 10.1. The highest BCUT2D eigenvalue weighted by atomic mass is 32.2. The van der Waals surface area contributed by atoms with E-state index in [1.165, 1.54) is 19.3 Å². The summed E-state index contributed by atoms with van der Waals surface area (Å²) in [5.74, 6) is 2.78. The summed E-state index contributed by atoms with van der Waals surface area (Å²) in [6.07, 6.45) is 3.94. The van der Waals surface area contributed by atoms with Gasteiger partial charge in [0.25, 0.3) is 0 Å². The van der Waals surface area contributed by atoms with Gasteiger partial charge in [0.05, 0.1) is 5.69 Å². The predicted molar refractivity (Wildman–Crippen MR) is 82.5 cm³/mol. The van der Waals surface area contributed by atoms with E-state index in [0.717, 1.165) is 11.8 Å². The summed E-state index contributed by atoms with van der Waals surface area (Å²) in [5.41, 5.74) is 0.696. The molecule has 0 aromatic heterocycles. The first kappa shape index (κ1) is 13.6. The van der Waals surface area contributed by atoms with Gasteiger partial charge in [0.1, 0.15) is 4.90 Å². The van der Waals surface area contributed by atoms with Gasteiger partial charge in [0, 0.05) is 12.6 Å². The highest BCUT2D eigenvalue weighted by Crippen LogP contribution is 2.65. The van der Waals surface area contributed by atoms with Gasteiger partial charge in [0.15, 0.2) is 0 Å². The fourth-order valence-electron chi connectivity index (χ4n) is 4.76. The van der Waals surface area contributed by atoms with Crippen LogP contribution >= 0.6 is 0 Å². The highest BCUT2D eigenvalue weighted by Gasteiger charge is 2.65. The van der Waals surface area contributed by atoms with Gasteiger partial charge in [-0.3, -0.25) is 0 Å². The average Bonchev–Trinajstić information content (AvgIpc) is 2.85. The second kappa shape index (κ2) is 4.71. The molecule has 1 aromatic rings. The molecule has 3 fully saturated rings. The normalized spacial score (nSPS) is 36.5. The van der Waals surface area contributed by atoms with E-state index in [4.69, 9.17) is 0 Å². The molecule has 4 unspecified atom stereocenters. The Balaban J connectivity index is 1.55. The number of para-hydroxylation sites is 1. The van der Waals surface area contributed by atoms with Crippen LogP contribution in [0.3, 0.4) is 0 Å². The molecule has 4 atom stereocenters. The first-order valence-electron chi connectivity index (χ1n) is 7.97. The first-order valence-corrected chi connectivity index (χ1v) is 9.45. The van der Waals surface area contributed by atoms with Crippen LogP contribution in [0.2, 0.25) is 0 Å². The van der Waals surface area contributed by atoms with Crippen LogP contribution in [0.1, 0.15) is 26.2 Å². The van der Waals surface area contributed by atoms with Gasteiger partial charge < -0.3 is 5.32 Å². The lowest BCUT2D eigenvalue weighted by molar-refractivity contribution is 0.456. The van der Waals surface area contributed by atoms with E-state index < -0.39 is 10.0 Å². The molecule has 1 aromatic carbocycles. The lowest BCUT2D eigenvalue weighted by atomic mass is 10.0. The maximum Gasteiger partial charge on any atom is 0.242 e. The molecule has 0 spiro atoms. The number of sulfonamides is 1. The van der Waals surface area contributed by atoms with Crippen molar-refractivity contribution in [1.82, 2.24) is 4.72 Å². The zero-order chi connectivity index (χ0) is 14.6. The summed E-state index contributed by atoms with van der Waals surface area (Å²) >= 11 is 0. The molecule has 0 amide bonds. The van der Waals surface area contributed by atoms with E-state index in [1.54, 1.807) is 12.1 Å². The summed E-state index contributed by atoms with van der Waals surface area (Å²) in [4.78, 5) is 0.379. The Morgan fingerprint density at radius 3 is 2.48 bits per heavy atom. The second-order valence-corrected chi connectivity index (χ2v) is 8.34. The van der Waals surface area contributed by atoms with Crippen LogP contribution < -0.4 is 10.0 Å². The minimum Gasteiger partial charge on any atom is -0.384 e. The lowest BCUT2D eigenvalue weighted by Gasteiger charge is -2.14. The van der Waals surface area contributed by atoms with Crippen LogP contribution in [0, 0.1) is 23.7 Å². The summed E-state index contributed by atoms with van der Waals surface area (Å²) in [5, 5.41) is 3.14. The molecular formula is C16H22N2O2S. The molecule has 0 heterocycles. The van der Waals surface area contributed by atoms with Crippen molar-refractivity contribution in [2.45, 2.75) is 37.1 Å². The van der Waals surface area contributed by atoms with Gasteiger partial charge >= 0.3 is 0 Å². The van der Waals surface area contributed by atoms with Crippen LogP contribution in [-0.2, 0) is 10.0 Å². The van der Waals surface area contributed by atoms with Crippen molar-refractivity contribution in [2.24, 2.45) is 23.7 Å². The van der Waals surface area contributed by atoms with Gasteiger partial charge in [-0.05, 0) is 62.0 Å². The van der Waals surface area contributed by atoms with Crippen molar-refractivity contribution >= 4 is 15.7 Å². The standard InChI is InChI=1S/C16H22N2O2S/c1-2-17-12-5-3-4-6-13(12)21(19,20)18-16-14-10-7-8-11(9-10)15(14)16/h3-6,10-11,14-18H,2,7-9H2,1H3. The zero-order valence-corrected chi connectivity index (χ0v) is 13.1. The average molecular weight is 306 g/mol. The predicted octanol–water partition coefficient (Wildman–Crippen LogP) is 2.44. The molecule has 0 aliphatic heterocycles. The molecule has 4 nitrogen and oxygen atoms in total. The maximum atomic E-state index is 12.7. The number of rotatable bonds is 5. The minimum atomic E-state index is -3.42. The van der Waals surface area contributed by atoms with Crippen LogP contribution in [0.15, 0.2) is 29.2 Å². The molecule has 2 bridgehead atoms. The molecule has 114 valence electrons. The Labute approximate surface area is 126 Å². The van der Waals surface area contributed by atoms with Crippen LogP contribution in [0.25, 0.3) is 0 Å². The molecule has 0 radical (unpaired) electrons. The number of nitrogens with one attached hydrogen (secondary N) is 2. The van der Waals surface area contributed by atoms with E-state index >= 15 is 0 Å². The quantitative estimate of drug-likeness (QED) is 0.878. The van der Waals surface area contributed by atoms with E-state index in [9.17, 15) is 8.42 Å². The van der Waals surface area contributed by atoms with Crippen molar-refractivity contribution in [3.8, 4) is 0 Å². The minimum absolute atomic E-state index is 0.191. The molecule has 2 N–H and O–H groups in total. The van der Waals surface area contributed by atoms with Crippen molar-refractivity contribution in [3.05, 3.63) is 24.3 Å². The molecule has 4 rings (SSSR count). The van der Waals surface area contributed by atoms with E-state index in [2.05, 4.69) is 10.0 Å². The fourth-order valence-corrected chi connectivity index (χ4v) is 6.25. The monoisotopic (exact) mass is 306 g/mol. The Morgan fingerprint density at radius 1 is 1.14 bits per heavy atom. The van der Waals surface area contributed by atoms with E-state index in [0.29, 0.717) is 29.0 Å². The van der Waals surface area contributed by atoms with Gasteiger partial charge in [0.2, 0.25) is 10.0 Å². The number of hydrogen-bond donors (Lipinski definition) is 2. The Hall–Kier alpha value is -1.07. The molecule has 3 aliphatic rings. The topological polar surface area (TPSA) is 58.2 Å². The van der Waals surface area contributed by atoms with Crippen LogP contribution in [-0.4, -0.2) is 21.0 Å². The molecule has 5 heteroatoms. The van der Waals surface area contributed by atoms with Gasteiger partial charge in [-0.2, -0.15) is 0 Å². The van der Waals surface area contributed by atoms with Crippen molar-refractivity contribution < 1.29 is 8.42 Å². The van der Waals surface area contributed by atoms with Crippen molar-refractivity contribution in [1.29, 1.82) is 0 Å². The maximum absolute atomic E-state index is 12.7. The third-order valence-electron chi connectivity index (χ3n) is 5.57. The van der Waals surface area contributed by atoms with Gasteiger partial charge in [-0.1, -0.05) is 12.1 Å². The fraction of sp³-hybridized carbons (Fsp3) is 0.625. The molecule has 0 saturated heterocycles. The third-order valence-corrected chi connectivity index (χ3v) is 7.09. The zero-order valence-electron chi connectivity index (χ0n) is 12.2. The van der Waals surface area contributed by atoms with Crippen LogP contribution in [0.5, 0.6) is 0 Å². The van der Waals surface area contributed by atoms with Gasteiger partial charge in [-0.15, -0.1) is 0 Å². The number of hydrogen-bond acceptors (Lipinski definition) is 3. The summed E-state index contributed by atoms with van der Waals surface area (Å²) in [6, 6.07) is 7.36. The lowest BCUT2D eigenvalue weighted by Crippen LogP contribution is -2.30. The Morgan fingerprint density at radius 2 is 1.81 bits per heavy atom. The SMILES string of the molecule is CCNc1ccccc1S(=O)(=O)NC1C2C3CCC(C3)C12. The molecular weight excluding hydrogens is 284 g/mol. The Bertz CT molecular complexity index is 642. The largest absolute Gasteiger partial charge is 0.384 e. The van der Waals surface area contributed by atoms with Crippen LogP contribution in [0.4, 0.5) is 5.69 Å². The number of anilines is 1. The highest BCUT2D eigenvalue weighted by molar-refractivity contribution is 7.89. The molecule has 3 saturated carbocycles. The van der Waals surface area contributed by atoms with E-state index in [-0.39, 0.29) is 6.04 Å². The number of benzene rings is 1. The summed E-state index contributed by atoms with van der Waals surface area (Å²) in [6.45, 7) is 2.69. The summed E-state index contributed by atoms with van der Waals surface area (Å²) < 4.78 is 28.4. The third kappa shape index (κ3) is 2.09. The Kier molecular flexibility index (Phi) is 3.05. The van der Waals surface area contributed by atoms with E-state index in [1.807, 2.05) is 19.1 Å².